The van der Waals surface area contributed by atoms with Gasteiger partial charge in [-0.1, -0.05) is 260 Å². The molecule has 1 aliphatic carbocycles. The minimum absolute atomic E-state index is 0. The molecule has 1 saturated heterocycles. The Morgan fingerprint density at radius 3 is 1.21 bits per heavy atom. The molecule has 0 spiro atoms. The first-order valence-corrected chi connectivity index (χ1v) is 47.6. The molecule has 0 amide bonds. The SMILES string of the molecule is C1CCOC1.CC(=O)O.CC(C)(O)c1ccc(Br)cc1-c1cc2oc3ccccc3c2c2ccccc12.CC1(C)c2ccc(Br)cc2-c2c1c1oc3ccccc3c1c1ccccc21.CCOC(=O)c1ccc(Br)cc1-c1cc2oc3ccccc3c2c2ccccc12.CCOC(=O)c1ccc(Br)cc1B(O)O.Ic1cc2oc3ccccc3c2c2ccccc12.O=S(=O)(O)O.[Br-].[CH3-].[Mg+2]. The van der Waals surface area contributed by atoms with Crippen molar-refractivity contribution in [1.29, 1.82) is 0 Å². The smallest absolute Gasteiger partial charge is 1.00 e. The summed E-state index contributed by atoms with van der Waals surface area (Å²) in [6.07, 6.45) is 2.56. The van der Waals surface area contributed by atoms with Gasteiger partial charge in [0, 0.05) is 95.7 Å². The number of rotatable bonds is 8. The molecule has 2 aliphatic rings. The van der Waals surface area contributed by atoms with Gasteiger partial charge in [0.25, 0.3) is 5.97 Å². The number of hydrogen-bond acceptors (Lipinski definition) is 15. The number of carbonyl (C=O) groups is 3. The van der Waals surface area contributed by atoms with E-state index in [2.05, 4.69) is 264 Å². The Balaban J connectivity index is 0.000000147. The second kappa shape index (κ2) is 44.3. The monoisotopic (exact) mass is 2250 g/mol. The van der Waals surface area contributed by atoms with E-state index in [1.165, 1.54) is 93.9 Å². The maximum atomic E-state index is 12.6. The number of fused-ring (bicyclic) bond motifs is 25. The Hall–Kier alpha value is -10.2. The van der Waals surface area contributed by atoms with Gasteiger partial charge in [-0.2, -0.15) is 8.42 Å². The van der Waals surface area contributed by atoms with Gasteiger partial charge < -0.3 is 76.5 Å². The molecule has 16 aromatic carbocycles. The van der Waals surface area contributed by atoms with Crippen LogP contribution < -0.4 is 22.4 Å². The first-order chi connectivity index (χ1) is 62.8. The second-order valence-electron chi connectivity index (χ2n) is 31.9. The van der Waals surface area contributed by atoms with Gasteiger partial charge in [0.1, 0.15) is 44.7 Å². The average molecular weight is 2260 g/mol. The summed E-state index contributed by atoms with van der Waals surface area (Å²) in [5, 5.41) is 55.2. The van der Waals surface area contributed by atoms with Crippen LogP contribution in [0.2, 0.25) is 0 Å². The number of hydrogen-bond donors (Lipinski definition) is 6. The van der Waals surface area contributed by atoms with Crippen molar-refractivity contribution in [3.05, 3.63) is 342 Å². The van der Waals surface area contributed by atoms with E-state index in [0.29, 0.717) is 16.6 Å². The molecule has 27 heteroatoms. The van der Waals surface area contributed by atoms with Gasteiger partial charge in [-0.3, -0.25) is 13.9 Å². The number of aliphatic carboxylic acids is 1. The zero-order valence-electron chi connectivity index (χ0n) is 73.9. The van der Waals surface area contributed by atoms with Gasteiger partial charge >= 0.3 is 52.5 Å². The van der Waals surface area contributed by atoms with E-state index in [9.17, 15) is 14.7 Å². The van der Waals surface area contributed by atoms with Crippen LogP contribution in [0.3, 0.4) is 0 Å². The zero-order valence-corrected chi connectivity index (χ0v) is 86.2. The fourth-order valence-electron chi connectivity index (χ4n) is 17.2. The van der Waals surface area contributed by atoms with Gasteiger partial charge in [-0.15, -0.1) is 0 Å². The molecule has 0 saturated carbocycles. The number of aliphatic hydroxyl groups is 1. The Kier molecular flexibility index (Phi) is 34.0. The molecular formula is C107H89BBr5IMgO18S. The third-order valence-corrected chi connectivity index (χ3v) is 25.4. The Morgan fingerprint density at radius 1 is 0.440 bits per heavy atom. The van der Waals surface area contributed by atoms with E-state index in [-0.39, 0.29) is 76.5 Å². The number of ether oxygens (including phenoxy) is 3. The standard InChI is InChI=1S/C25H17BrO3.C25H19BrO2.C25H17BrO.C16H9IO.C9H10BBrO4.C4H8O.C2H4O2.CH3.BrH.Mg.H2O4S/c1-2-28-25(27)18-12-11-15(26)13-20(18)21-14-23-24(17-8-4-3-7-16(17)21)19-9-5-6-10-22(19)29-23;1-25(2,27)21-12-11-15(26)13-20(21)19-14-23-24(17-8-4-3-7-16(17)19)18-9-5-6-10-22(18)28-23;1-25(2)19-12-11-14(26)13-18(19)21-15-7-3-4-8-16(15)22-17-9-5-6-10-20(17)27-24(22)23(21)25;17-13-9-15-16(11-6-2-1-5-10(11)13)12-7-3-4-8-14(12)18-15;1-2-15-9(12)7-4-3-6(11)5-8(7)10(13)14;1-2-4-5-3-1;1-2(3)4;;;;1-5(2,3)4/h3-14H,2H2,1H3;3-14,27H,1-2H3;3-13H,1-2H3;1-9H;3-5,13-14H,2H2,1H3;1-4H2;1H3,(H,3,4);1H3;1H;;(H2,1,2,3,4)/q;;;;;;;-1;;+2;/p-1. The molecule has 4 aromatic heterocycles. The van der Waals surface area contributed by atoms with Crippen LogP contribution in [0.25, 0.3) is 164 Å². The molecule has 0 bridgehead atoms. The van der Waals surface area contributed by atoms with Crippen molar-refractivity contribution < 1.29 is 101 Å². The molecule has 1 fully saturated rings. The number of furan rings is 4. The molecule has 6 N–H and O–H groups in total. The maximum Gasteiger partial charge on any atom is 2.00 e. The van der Waals surface area contributed by atoms with Crippen molar-refractivity contribution in [2.75, 3.05) is 26.4 Å². The quantitative estimate of drug-likeness (QED) is 0.0271. The number of benzene rings is 16. The fraction of sp³-hybridized carbons (Fsp3) is 0.140. The first kappa shape index (κ1) is 103. The second-order valence-corrected chi connectivity index (χ2v) is 37.7. The van der Waals surface area contributed by atoms with E-state index in [1.807, 2.05) is 118 Å². The molecular weight excluding hydrogens is 2170 g/mol. The molecule has 20 aromatic rings. The van der Waals surface area contributed by atoms with Gasteiger partial charge in [0.2, 0.25) is 0 Å². The minimum Gasteiger partial charge on any atom is -1.00 e. The molecule has 678 valence electrons. The van der Waals surface area contributed by atoms with Gasteiger partial charge in [-0.05, 0) is 259 Å². The number of esters is 2. The summed E-state index contributed by atoms with van der Waals surface area (Å²) in [6, 6.07) is 95.8. The van der Waals surface area contributed by atoms with Crippen LogP contribution in [0.1, 0.15) is 98.7 Å². The Bertz CT molecular complexity index is 7900. The summed E-state index contributed by atoms with van der Waals surface area (Å²) in [5.74, 6) is -1.73. The molecule has 18 nitrogen and oxygen atoms in total. The predicted octanol–water partition coefficient (Wildman–Crippen LogP) is 25.5. The normalized spacial score (nSPS) is 12.2. The van der Waals surface area contributed by atoms with Crippen LogP contribution in [0.4, 0.5) is 0 Å². The molecule has 0 radical (unpaired) electrons. The third-order valence-electron chi connectivity index (χ3n) is 22.5. The Labute approximate surface area is 847 Å². The van der Waals surface area contributed by atoms with Crippen LogP contribution in [-0.2, 0) is 40.4 Å². The maximum absolute atomic E-state index is 12.6. The molecule has 0 atom stereocenters. The van der Waals surface area contributed by atoms with Crippen LogP contribution in [0.5, 0.6) is 0 Å². The van der Waals surface area contributed by atoms with Gasteiger partial charge in [-0.25, -0.2) is 9.59 Å². The van der Waals surface area contributed by atoms with E-state index in [0.717, 1.165) is 149 Å². The Morgan fingerprint density at radius 2 is 0.776 bits per heavy atom. The number of carboxylic acid groups (broad SMARTS) is 1. The largest absolute Gasteiger partial charge is 2.00 e. The van der Waals surface area contributed by atoms with E-state index in [4.69, 9.17) is 69.4 Å². The van der Waals surface area contributed by atoms with E-state index < -0.39 is 35.1 Å². The van der Waals surface area contributed by atoms with Crippen molar-refractivity contribution >= 4 is 281 Å². The van der Waals surface area contributed by atoms with Crippen molar-refractivity contribution in [2.45, 2.75) is 72.3 Å². The van der Waals surface area contributed by atoms with Crippen LogP contribution in [0.15, 0.2) is 321 Å². The third kappa shape index (κ3) is 22.2. The van der Waals surface area contributed by atoms with E-state index in [1.54, 1.807) is 19.1 Å². The van der Waals surface area contributed by atoms with Crippen molar-refractivity contribution in [3.8, 4) is 33.4 Å². The van der Waals surface area contributed by atoms with Crippen LogP contribution >= 0.6 is 86.3 Å². The summed E-state index contributed by atoms with van der Waals surface area (Å²) in [6.45, 7) is 15.4. The topological polar surface area (TPSA) is 287 Å². The number of carbonyl (C=O) groups excluding carboxylic acids is 2. The molecule has 22 rings (SSSR count). The fourth-order valence-corrected chi connectivity index (χ4v) is 19.4. The van der Waals surface area contributed by atoms with Crippen molar-refractivity contribution in [2.24, 2.45) is 0 Å². The average Bonchev–Trinajstić information content (AvgIpc) is 1.53. The minimum atomic E-state index is -4.67. The van der Waals surface area contributed by atoms with Gasteiger partial charge in [0.15, 0.2) is 0 Å². The summed E-state index contributed by atoms with van der Waals surface area (Å²) >= 11 is 16.4. The van der Waals surface area contributed by atoms with Crippen molar-refractivity contribution in [3.63, 3.8) is 0 Å². The first-order valence-electron chi connectivity index (χ1n) is 41.9. The number of para-hydroxylation sites is 4. The number of carboxylic acids is 1. The zero-order chi connectivity index (χ0) is 92.9. The summed E-state index contributed by atoms with van der Waals surface area (Å²) < 4.78 is 76.3. The van der Waals surface area contributed by atoms with Crippen LogP contribution in [0, 0.1) is 11.0 Å². The summed E-state index contributed by atoms with van der Waals surface area (Å²) in [4.78, 5) is 33.1. The summed E-state index contributed by atoms with van der Waals surface area (Å²) in [5.41, 5.74) is 17.1. The predicted molar refractivity (Wildman–Crippen MR) is 560 cm³/mol. The summed E-state index contributed by atoms with van der Waals surface area (Å²) in [7, 11) is -6.36. The van der Waals surface area contributed by atoms with Crippen molar-refractivity contribution in [1.82, 2.24) is 0 Å². The molecule has 1 aliphatic heterocycles. The van der Waals surface area contributed by atoms with E-state index >= 15 is 0 Å². The van der Waals surface area contributed by atoms with Gasteiger partial charge in [0.05, 0.1) is 29.9 Å². The number of halogens is 6. The molecule has 0 unspecified atom stereocenters. The molecule has 134 heavy (non-hydrogen) atoms. The molecule has 5 heterocycles. The van der Waals surface area contributed by atoms with Crippen LogP contribution in [-0.4, -0.2) is 112 Å².